The molecule has 0 amide bonds. The summed E-state index contributed by atoms with van der Waals surface area (Å²) in [4.78, 5) is 0. The van der Waals surface area contributed by atoms with E-state index in [-0.39, 0.29) is 11.7 Å². The van der Waals surface area contributed by atoms with Gasteiger partial charge in [-0.3, -0.25) is 0 Å². The summed E-state index contributed by atoms with van der Waals surface area (Å²) in [5.41, 5.74) is 9.22. The molecule has 1 heterocycles. The summed E-state index contributed by atoms with van der Waals surface area (Å²) in [6, 6.07) is 4.09. The average Bonchev–Trinajstić information content (AvgIpc) is 2.46. The molecule has 3 nitrogen and oxygen atoms in total. The van der Waals surface area contributed by atoms with Crippen LogP contribution in [0.2, 0.25) is 0 Å². The van der Waals surface area contributed by atoms with Crippen LogP contribution in [-0.4, -0.2) is 18.3 Å². The largest absolute Gasteiger partial charge is 0.490 e. The van der Waals surface area contributed by atoms with Gasteiger partial charge < -0.3 is 15.2 Å². The van der Waals surface area contributed by atoms with Gasteiger partial charge in [0.1, 0.15) is 11.9 Å². The van der Waals surface area contributed by atoms with Crippen LogP contribution in [0.4, 0.5) is 5.69 Å². The van der Waals surface area contributed by atoms with Gasteiger partial charge in [0.25, 0.3) is 0 Å². The van der Waals surface area contributed by atoms with Gasteiger partial charge in [0.2, 0.25) is 0 Å². The lowest BCUT2D eigenvalue weighted by molar-refractivity contribution is -0.129. The van der Waals surface area contributed by atoms with Gasteiger partial charge >= 0.3 is 0 Å². The van der Waals surface area contributed by atoms with Crippen LogP contribution in [0.3, 0.4) is 0 Å². The van der Waals surface area contributed by atoms with E-state index < -0.39 is 0 Å². The minimum Gasteiger partial charge on any atom is -0.490 e. The Kier molecular flexibility index (Phi) is 4.12. The minimum atomic E-state index is 0.0886. The van der Waals surface area contributed by atoms with Crippen LogP contribution in [-0.2, 0) is 4.74 Å². The molecule has 0 radical (unpaired) electrons. The molecular formula is C18H27NO2. The zero-order chi connectivity index (χ0) is 14.9. The second-order valence-corrected chi connectivity index (χ2v) is 6.80. The van der Waals surface area contributed by atoms with E-state index in [1.54, 1.807) is 0 Å². The maximum Gasteiger partial charge on any atom is 0.124 e. The van der Waals surface area contributed by atoms with E-state index in [0.717, 1.165) is 36.4 Å². The van der Waals surface area contributed by atoms with Crippen molar-refractivity contribution in [1.29, 1.82) is 0 Å². The van der Waals surface area contributed by atoms with Crippen LogP contribution < -0.4 is 10.5 Å². The maximum atomic E-state index is 6.29. The van der Waals surface area contributed by atoms with Gasteiger partial charge in [0.15, 0.2) is 0 Å². The van der Waals surface area contributed by atoms with Gasteiger partial charge in [-0.1, -0.05) is 25.3 Å². The molecule has 1 aromatic rings. The third-order valence-corrected chi connectivity index (χ3v) is 5.07. The fourth-order valence-corrected chi connectivity index (χ4v) is 3.78. The summed E-state index contributed by atoms with van der Waals surface area (Å²) in [7, 11) is 0. The number of aryl methyl sites for hydroxylation is 2. The molecule has 1 aliphatic heterocycles. The Bertz CT molecular complexity index is 501. The second-order valence-electron chi connectivity index (χ2n) is 6.80. The molecule has 1 aliphatic carbocycles. The molecule has 21 heavy (non-hydrogen) atoms. The molecule has 1 atom stereocenters. The first-order valence-electron chi connectivity index (χ1n) is 8.25. The maximum absolute atomic E-state index is 6.29. The highest BCUT2D eigenvalue weighted by atomic mass is 16.5. The first kappa shape index (κ1) is 14.7. The molecule has 1 saturated heterocycles. The second kappa shape index (κ2) is 5.88. The summed E-state index contributed by atoms with van der Waals surface area (Å²) in [6.07, 6.45) is 8.60. The number of anilines is 1. The SMILES string of the molecule is Cc1cc(C)c(OC2CCOC3(CCCCC3)C2)cc1N. The lowest BCUT2D eigenvalue weighted by Gasteiger charge is -2.43. The third-order valence-electron chi connectivity index (χ3n) is 5.07. The van der Waals surface area contributed by atoms with Crippen LogP contribution in [0.15, 0.2) is 12.1 Å². The van der Waals surface area contributed by atoms with E-state index in [4.69, 9.17) is 15.2 Å². The van der Waals surface area contributed by atoms with Crippen molar-refractivity contribution in [3.63, 3.8) is 0 Å². The number of ether oxygens (including phenoxy) is 2. The molecule has 0 aromatic heterocycles. The molecule has 2 fully saturated rings. The highest BCUT2D eigenvalue weighted by Crippen LogP contribution is 2.40. The number of nitrogens with two attached hydrogens (primary N) is 1. The van der Waals surface area contributed by atoms with E-state index in [2.05, 4.69) is 13.0 Å². The van der Waals surface area contributed by atoms with Crippen molar-refractivity contribution in [2.75, 3.05) is 12.3 Å². The zero-order valence-corrected chi connectivity index (χ0v) is 13.3. The molecule has 3 rings (SSSR count). The summed E-state index contributed by atoms with van der Waals surface area (Å²) in [5, 5.41) is 0. The lowest BCUT2D eigenvalue weighted by Crippen LogP contribution is -2.45. The summed E-state index contributed by atoms with van der Waals surface area (Å²) >= 11 is 0. The van der Waals surface area contributed by atoms with E-state index >= 15 is 0 Å². The Hall–Kier alpha value is -1.22. The van der Waals surface area contributed by atoms with Crippen LogP contribution in [0.1, 0.15) is 56.1 Å². The fourth-order valence-electron chi connectivity index (χ4n) is 3.78. The summed E-state index contributed by atoms with van der Waals surface area (Å²) in [6.45, 7) is 4.96. The van der Waals surface area contributed by atoms with E-state index in [0.29, 0.717) is 0 Å². The molecule has 0 bridgehead atoms. The highest BCUT2D eigenvalue weighted by Gasteiger charge is 2.39. The Labute approximate surface area is 127 Å². The average molecular weight is 289 g/mol. The van der Waals surface area contributed by atoms with Crippen molar-refractivity contribution in [2.24, 2.45) is 0 Å². The summed E-state index contributed by atoms with van der Waals surface area (Å²) < 4.78 is 12.4. The van der Waals surface area contributed by atoms with Crippen molar-refractivity contribution >= 4 is 5.69 Å². The lowest BCUT2D eigenvalue weighted by atomic mass is 9.79. The number of hydrogen-bond donors (Lipinski definition) is 1. The van der Waals surface area contributed by atoms with Gasteiger partial charge in [0, 0.05) is 24.6 Å². The van der Waals surface area contributed by atoms with E-state index in [1.165, 1.54) is 37.7 Å². The van der Waals surface area contributed by atoms with Crippen LogP contribution in [0, 0.1) is 13.8 Å². The standard InChI is InChI=1S/C18H27NO2/c1-13-10-14(2)17(11-16(13)19)21-15-6-9-20-18(12-15)7-4-3-5-8-18/h10-11,15H,3-9,12,19H2,1-2H3. The molecule has 2 N–H and O–H groups in total. The first-order chi connectivity index (χ1) is 10.1. The number of benzene rings is 1. The highest BCUT2D eigenvalue weighted by molar-refractivity contribution is 5.54. The van der Waals surface area contributed by atoms with Gasteiger partial charge in [-0.05, 0) is 37.8 Å². The molecule has 116 valence electrons. The molecular weight excluding hydrogens is 262 g/mol. The van der Waals surface area contributed by atoms with Crippen molar-refractivity contribution in [3.05, 3.63) is 23.3 Å². The van der Waals surface area contributed by atoms with Crippen molar-refractivity contribution in [2.45, 2.75) is 70.5 Å². The predicted molar refractivity (Wildman–Crippen MR) is 85.7 cm³/mol. The van der Waals surface area contributed by atoms with Gasteiger partial charge in [-0.25, -0.2) is 0 Å². The molecule has 2 aliphatic rings. The molecule has 3 heteroatoms. The Balaban J connectivity index is 1.71. The van der Waals surface area contributed by atoms with E-state index in [1.807, 2.05) is 13.0 Å². The van der Waals surface area contributed by atoms with Crippen molar-refractivity contribution < 1.29 is 9.47 Å². The Morgan fingerprint density at radius 3 is 2.67 bits per heavy atom. The minimum absolute atomic E-state index is 0.0886. The van der Waals surface area contributed by atoms with Crippen LogP contribution in [0.5, 0.6) is 5.75 Å². The topological polar surface area (TPSA) is 44.5 Å². The van der Waals surface area contributed by atoms with Crippen molar-refractivity contribution in [3.8, 4) is 5.75 Å². The molecule has 1 saturated carbocycles. The zero-order valence-electron chi connectivity index (χ0n) is 13.3. The Morgan fingerprint density at radius 2 is 1.90 bits per heavy atom. The van der Waals surface area contributed by atoms with Gasteiger partial charge in [-0.15, -0.1) is 0 Å². The Morgan fingerprint density at radius 1 is 1.14 bits per heavy atom. The monoisotopic (exact) mass is 289 g/mol. The summed E-state index contributed by atoms with van der Waals surface area (Å²) in [5.74, 6) is 0.941. The van der Waals surface area contributed by atoms with Gasteiger partial charge in [-0.2, -0.15) is 0 Å². The number of hydrogen-bond acceptors (Lipinski definition) is 3. The predicted octanol–water partition coefficient (Wildman–Crippen LogP) is 4.15. The molecule has 1 spiro atoms. The van der Waals surface area contributed by atoms with Crippen molar-refractivity contribution in [1.82, 2.24) is 0 Å². The fraction of sp³-hybridized carbons (Fsp3) is 0.667. The quantitative estimate of drug-likeness (QED) is 0.832. The number of nitrogen functional groups attached to an aromatic ring is 1. The molecule has 1 aromatic carbocycles. The molecule has 1 unspecified atom stereocenters. The smallest absolute Gasteiger partial charge is 0.124 e. The third kappa shape index (κ3) is 3.18. The van der Waals surface area contributed by atoms with Gasteiger partial charge in [0.05, 0.1) is 12.2 Å². The normalized spacial score (nSPS) is 25.0. The van der Waals surface area contributed by atoms with E-state index in [9.17, 15) is 0 Å². The first-order valence-corrected chi connectivity index (χ1v) is 8.25. The van der Waals surface area contributed by atoms with Crippen LogP contribution >= 0.6 is 0 Å². The van der Waals surface area contributed by atoms with Crippen LogP contribution in [0.25, 0.3) is 0 Å². The number of rotatable bonds is 2.